The maximum atomic E-state index is 12.3. The number of fused-ring (bicyclic) bond motifs is 3. The van der Waals surface area contributed by atoms with Gasteiger partial charge < -0.3 is 14.6 Å². The van der Waals surface area contributed by atoms with Crippen molar-refractivity contribution in [2.75, 3.05) is 0 Å². The Kier molecular flexibility index (Phi) is 4.81. The number of rotatable bonds is 5. The fraction of sp³-hybridized carbons (Fsp3) is 0.474. The van der Waals surface area contributed by atoms with Crippen molar-refractivity contribution in [2.45, 2.75) is 52.1 Å². The summed E-state index contributed by atoms with van der Waals surface area (Å²) in [6, 6.07) is 2.61. The lowest BCUT2D eigenvalue weighted by atomic mass is 9.90. The van der Waals surface area contributed by atoms with E-state index in [9.17, 15) is 19.8 Å². The van der Waals surface area contributed by atoms with Gasteiger partial charge in [0.05, 0.1) is 5.56 Å². The first-order valence-electron chi connectivity index (χ1n) is 8.65. The van der Waals surface area contributed by atoms with Gasteiger partial charge in [-0.25, -0.2) is 4.79 Å². The zero-order chi connectivity index (χ0) is 18.1. The van der Waals surface area contributed by atoms with Gasteiger partial charge in [-0.15, -0.1) is 0 Å². The maximum absolute atomic E-state index is 12.3. The SMILES string of the molecule is CC(C)[C@@H](NCc1c(O)ccc2c3c(c(=O)oc12)CCCC3)C(=O)O. The van der Waals surface area contributed by atoms with Crippen molar-refractivity contribution in [3.05, 3.63) is 39.2 Å². The Balaban J connectivity index is 2.06. The maximum Gasteiger partial charge on any atom is 0.339 e. The van der Waals surface area contributed by atoms with Crippen LogP contribution in [0.4, 0.5) is 0 Å². The van der Waals surface area contributed by atoms with Crippen LogP contribution in [0.5, 0.6) is 5.75 Å². The van der Waals surface area contributed by atoms with Gasteiger partial charge in [0.2, 0.25) is 0 Å². The number of aryl methyl sites for hydroxylation is 1. The molecule has 1 atom stereocenters. The van der Waals surface area contributed by atoms with Crippen LogP contribution in [0.1, 0.15) is 43.4 Å². The van der Waals surface area contributed by atoms with E-state index in [0.29, 0.717) is 11.1 Å². The summed E-state index contributed by atoms with van der Waals surface area (Å²) < 4.78 is 5.52. The van der Waals surface area contributed by atoms with Crippen molar-refractivity contribution in [2.24, 2.45) is 5.92 Å². The molecule has 1 aliphatic carbocycles. The molecular weight excluding hydrogens is 322 g/mol. The third-order valence-corrected chi connectivity index (χ3v) is 4.90. The molecule has 1 aliphatic rings. The lowest BCUT2D eigenvalue weighted by Gasteiger charge is -2.20. The Morgan fingerprint density at radius 1 is 1.24 bits per heavy atom. The van der Waals surface area contributed by atoms with Gasteiger partial charge in [0.1, 0.15) is 17.4 Å². The standard InChI is InChI=1S/C19H23NO5/c1-10(2)16(18(22)23)20-9-14-15(21)8-7-12-11-5-3-4-6-13(11)19(24)25-17(12)14/h7-8,10,16,20-21H,3-6,9H2,1-2H3,(H,22,23)/t16-/m1/s1. The summed E-state index contributed by atoms with van der Waals surface area (Å²) in [6.07, 6.45) is 3.54. The number of phenolic OH excluding ortho intramolecular Hbond substituents is 1. The van der Waals surface area contributed by atoms with Gasteiger partial charge in [0.25, 0.3) is 0 Å². The fourth-order valence-electron chi connectivity index (χ4n) is 3.54. The highest BCUT2D eigenvalue weighted by Crippen LogP contribution is 2.32. The summed E-state index contributed by atoms with van der Waals surface area (Å²) in [4.78, 5) is 23.7. The van der Waals surface area contributed by atoms with Gasteiger partial charge in [-0.3, -0.25) is 10.1 Å². The summed E-state index contributed by atoms with van der Waals surface area (Å²) in [5.41, 5.74) is 2.15. The molecule has 1 aromatic heterocycles. The zero-order valence-corrected chi connectivity index (χ0v) is 14.5. The molecule has 0 saturated heterocycles. The number of hydrogen-bond acceptors (Lipinski definition) is 5. The lowest BCUT2D eigenvalue weighted by molar-refractivity contribution is -0.140. The van der Waals surface area contributed by atoms with E-state index < -0.39 is 12.0 Å². The van der Waals surface area contributed by atoms with Crippen molar-refractivity contribution in [3.63, 3.8) is 0 Å². The van der Waals surface area contributed by atoms with Crippen molar-refractivity contribution in [3.8, 4) is 5.75 Å². The predicted molar refractivity (Wildman–Crippen MR) is 93.9 cm³/mol. The largest absolute Gasteiger partial charge is 0.507 e. The highest BCUT2D eigenvalue weighted by atomic mass is 16.4. The van der Waals surface area contributed by atoms with E-state index in [2.05, 4.69) is 5.32 Å². The van der Waals surface area contributed by atoms with Crippen LogP contribution in [0.3, 0.4) is 0 Å². The van der Waals surface area contributed by atoms with E-state index in [1.165, 1.54) is 0 Å². The van der Waals surface area contributed by atoms with Gasteiger partial charge >= 0.3 is 11.6 Å². The number of aromatic hydroxyl groups is 1. The number of nitrogens with one attached hydrogen (secondary N) is 1. The van der Waals surface area contributed by atoms with E-state index >= 15 is 0 Å². The molecule has 1 aromatic carbocycles. The van der Waals surface area contributed by atoms with E-state index in [0.717, 1.165) is 42.2 Å². The fourth-order valence-corrected chi connectivity index (χ4v) is 3.54. The molecule has 0 bridgehead atoms. The predicted octanol–water partition coefficient (Wildman–Crippen LogP) is 2.58. The summed E-state index contributed by atoms with van der Waals surface area (Å²) in [7, 11) is 0. The second kappa shape index (κ2) is 6.88. The molecule has 3 N–H and O–H groups in total. The summed E-state index contributed by atoms with van der Waals surface area (Å²) in [6.45, 7) is 3.73. The third-order valence-electron chi connectivity index (χ3n) is 4.90. The molecule has 134 valence electrons. The summed E-state index contributed by atoms with van der Waals surface area (Å²) in [5, 5.41) is 23.3. The van der Waals surface area contributed by atoms with Crippen LogP contribution < -0.4 is 10.9 Å². The number of phenols is 1. The van der Waals surface area contributed by atoms with Gasteiger partial charge in [-0.05, 0) is 49.3 Å². The molecular formula is C19H23NO5. The molecule has 0 saturated carbocycles. The van der Waals surface area contributed by atoms with Crippen LogP contribution in [0.15, 0.2) is 21.3 Å². The highest BCUT2D eigenvalue weighted by Gasteiger charge is 2.24. The monoisotopic (exact) mass is 345 g/mol. The molecule has 0 spiro atoms. The average Bonchev–Trinajstić information content (AvgIpc) is 2.56. The smallest absolute Gasteiger partial charge is 0.339 e. The van der Waals surface area contributed by atoms with E-state index in [-0.39, 0.29) is 23.8 Å². The molecule has 0 unspecified atom stereocenters. The van der Waals surface area contributed by atoms with Crippen LogP contribution in [-0.4, -0.2) is 22.2 Å². The first-order valence-corrected chi connectivity index (χ1v) is 8.65. The molecule has 3 rings (SSSR count). The number of carboxylic acids is 1. The molecule has 6 heteroatoms. The average molecular weight is 345 g/mol. The van der Waals surface area contributed by atoms with Crippen molar-refractivity contribution in [1.29, 1.82) is 0 Å². The third kappa shape index (κ3) is 3.26. The topological polar surface area (TPSA) is 99.8 Å². The van der Waals surface area contributed by atoms with Crippen LogP contribution in [0, 0.1) is 5.92 Å². The Bertz CT molecular complexity index is 868. The highest BCUT2D eigenvalue weighted by molar-refractivity contribution is 5.86. The Hall–Kier alpha value is -2.34. The van der Waals surface area contributed by atoms with Crippen LogP contribution in [-0.2, 0) is 24.2 Å². The number of benzene rings is 1. The van der Waals surface area contributed by atoms with Crippen LogP contribution >= 0.6 is 0 Å². The molecule has 0 amide bonds. The molecule has 0 fully saturated rings. The van der Waals surface area contributed by atoms with Gasteiger partial charge in [0.15, 0.2) is 0 Å². The number of carboxylic acid groups (broad SMARTS) is 1. The van der Waals surface area contributed by atoms with Crippen LogP contribution in [0.2, 0.25) is 0 Å². The van der Waals surface area contributed by atoms with Gasteiger partial charge in [-0.1, -0.05) is 13.8 Å². The summed E-state index contributed by atoms with van der Waals surface area (Å²) in [5.74, 6) is -1.07. The van der Waals surface area contributed by atoms with E-state index in [4.69, 9.17) is 4.42 Å². The summed E-state index contributed by atoms with van der Waals surface area (Å²) >= 11 is 0. The Morgan fingerprint density at radius 3 is 2.56 bits per heavy atom. The lowest BCUT2D eigenvalue weighted by Crippen LogP contribution is -2.40. The van der Waals surface area contributed by atoms with Crippen molar-refractivity contribution < 1.29 is 19.4 Å². The zero-order valence-electron chi connectivity index (χ0n) is 14.5. The van der Waals surface area contributed by atoms with E-state index in [1.54, 1.807) is 12.1 Å². The first kappa shape index (κ1) is 17.5. The Morgan fingerprint density at radius 2 is 1.92 bits per heavy atom. The molecule has 25 heavy (non-hydrogen) atoms. The molecule has 0 radical (unpaired) electrons. The van der Waals surface area contributed by atoms with Gasteiger partial charge in [-0.2, -0.15) is 0 Å². The van der Waals surface area contributed by atoms with E-state index in [1.807, 2.05) is 13.8 Å². The molecule has 1 heterocycles. The first-order chi connectivity index (χ1) is 11.9. The minimum absolute atomic E-state index is 0.00759. The number of aliphatic carboxylic acids is 1. The minimum Gasteiger partial charge on any atom is -0.507 e. The van der Waals surface area contributed by atoms with Crippen LogP contribution in [0.25, 0.3) is 11.0 Å². The molecule has 2 aromatic rings. The quantitative estimate of drug-likeness (QED) is 0.720. The molecule has 0 aliphatic heterocycles. The van der Waals surface area contributed by atoms with Crippen molar-refractivity contribution in [1.82, 2.24) is 5.32 Å². The minimum atomic E-state index is -0.950. The Labute approximate surface area is 145 Å². The second-order valence-electron chi connectivity index (χ2n) is 6.93. The number of carbonyl (C=O) groups is 1. The van der Waals surface area contributed by atoms with Gasteiger partial charge in [0, 0.05) is 17.5 Å². The normalized spacial score (nSPS) is 15.3. The molecule has 6 nitrogen and oxygen atoms in total. The number of hydrogen-bond donors (Lipinski definition) is 3. The second-order valence-corrected chi connectivity index (χ2v) is 6.93. The van der Waals surface area contributed by atoms with Crippen molar-refractivity contribution >= 4 is 16.9 Å².